The molecule has 1 atom stereocenters. The summed E-state index contributed by atoms with van der Waals surface area (Å²) in [4.78, 5) is 21.2. The number of aliphatic carboxylic acids is 1. The van der Waals surface area contributed by atoms with Crippen molar-refractivity contribution in [3.05, 3.63) is 52.6 Å². The minimum atomic E-state index is -0.969. The maximum atomic E-state index is 11.0. The Morgan fingerprint density at radius 3 is 2.71 bits per heavy atom. The largest absolute Gasteiger partial charge is 0.481 e. The molecular weight excluding hydrogens is 222 g/mol. The van der Waals surface area contributed by atoms with Crippen molar-refractivity contribution in [1.29, 1.82) is 0 Å². The molecule has 0 saturated heterocycles. The van der Waals surface area contributed by atoms with Crippen molar-refractivity contribution in [2.75, 3.05) is 0 Å². The van der Waals surface area contributed by atoms with Crippen molar-refractivity contribution in [3.63, 3.8) is 0 Å². The van der Waals surface area contributed by atoms with Gasteiger partial charge >= 0.3 is 5.97 Å². The fourth-order valence-corrected chi connectivity index (χ4v) is 1.60. The Labute approximate surface area is 98.5 Å². The first-order valence-electron chi connectivity index (χ1n) is 5.12. The van der Waals surface area contributed by atoms with E-state index in [1.807, 2.05) is 0 Å². The van der Waals surface area contributed by atoms with E-state index in [-0.39, 0.29) is 12.1 Å². The number of carbonyl (C=O) groups is 1. The van der Waals surface area contributed by atoms with Gasteiger partial charge in [-0.05, 0) is 12.8 Å². The number of carboxylic acid groups (broad SMARTS) is 1. The summed E-state index contributed by atoms with van der Waals surface area (Å²) in [6, 6.07) is 6.18. The number of hydrogen-bond acceptors (Lipinski definition) is 3. The number of rotatable bonds is 6. The van der Waals surface area contributed by atoms with Crippen LogP contribution in [0, 0.1) is 16.0 Å². The summed E-state index contributed by atoms with van der Waals surface area (Å²) in [5.41, 5.74) is 0.398. The molecule has 0 fully saturated rings. The molecule has 1 rings (SSSR count). The Hall–Kier alpha value is -2.17. The molecule has 17 heavy (non-hydrogen) atoms. The second-order valence-corrected chi connectivity index (χ2v) is 3.65. The van der Waals surface area contributed by atoms with Gasteiger partial charge in [0.1, 0.15) is 0 Å². The minimum Gasteiger partial charge on any atom is -0.481 e. The van der Waals surface area contributed by atoms with Crippen LogP contribution >= 0.6 is 0 Å². The third-order valence-corrected chi connectivity index (χ3v) is 2.46. The number of carboxylic acids is 1. The first-order valence-corrected chi connectivity index (χ1v) is 5.12. The zero-order valence-corrected chi connectivity index (χ0v) is 9.20. The number of allylic oxidation sites excluding steroid dienone is 1. The van der Waals surface area contributed by atoms with Crippen molar-refractivity contribution in [3.8, 4) is 0 Å². The van der Waals surface area contributed by atoms with Crippen molar-refractivity contribution in [2.45, 2.75) is 12.8 Å². The number of benzene rings is 1. The van der Waals surface area contributed by atoms with Gasteiger partial charge in [0.15, 0.2) is 0 Å². The number of para-hydroxylation sites is 1. The lowest BCUT2D eigenvalue weighted by Crippen LogP contribution is -2.16. The molecule has 0 amide bonds. The maximum absolute atomic E-state index is 11.0. The van der Waals surface area contributed by atoms with Gasteiger partial charge in [-0.25, -0.2) is 0 Å². The Kier molecular flexibility index (Phi) is 4.39. The summed E-state index contributed by atoms with van der Waals surface area (Å²) in [6.45, 7) is 3.48. The second kappa shape index (κ2) is 5.79. The van der Waals surface area contributed by atoms with Crippen LogP contribution in [-0.2, 0) is 11.2 Å². The number of hydrogen-bond donors (Lipinski definition) is 1. The Bertz CT molecular complexity index is 442. The Balaban J connectivity index is 2.96. The summed E-state index contributed by atoms with van der Waals surface area (Å²) < 4.78 is 0. The zero-order chi connectivity index (χ0) is 12.8. The Morgan fingerprint density at radius 1 is 1.53 bits per heavy atom. The lowest BCUT2D eigenvalue weighted by molar-refractivity contribution is -0.385. The highest BCUT2D eigenvalue weighted by Crippen LogP contribution is 2.22. The van der Waals surface area contributed by atoms with E-state index in [1.165, 1.54) is 12.1 Å². The first kappa shape index (κ1) is 12.9. The molecule has 0 heterocycles. The summed E-state index contributed by atoms with van der Waals surface area (Å²) in [6.07, 6.45) is 1.94. The van der Waals surface area contributed by atoms with Crippen molar-refractivity contribution in [2.24, 2.45) is 5.92 Å². The highest BCUT2D eigenvalue weighted by Gasteiger charge is 2.21. The van der Waals surface area contributed by atoms with E-state index >= 15 is 0 Å². The zero-order valence-electron chi connectivity index (χ0n) is 9.20. The monoisotopic (exact) mass is 235 g/mol. The summed E-state index contributed by atoms with van der Waals surface area (Å²) in [7, 11) is 0. The summed E-state index contributed by atoms with van der Waals surface area (Å²) in [5, 5.41) is 19.7. The second-order valence-electron chi connectivity index (χ2n) is 3.65. The van der Waals surface area contributed by atoms with Gasteiger partial charge in [-0.2, -0.15) is 0 Å². The van der Waals surface area contributed by atoms with Crippen molar-refractivity contribution >= 4 is 11.7 Å². The molecule has 0 saturated carbocycles. The normalized spacial score (nSPS) is 11.8. The molecule has 1 aromatic rings. The topological polar surface area (TPSA) is 80.4 Å². The highest BCUT2D eigenvalue weighted by molar-refractivity contribution is 5.71. The molecule has 5 heteroatoms. The SMILES string of the molecule is C=CCC(Cc1ccccc1[N+](=O)[O-])C(=O)O. The van der Waals surface area contributed by atoms with E-state index in [9.17, 15) is 14.9 Å². The maximum Gasteiger partial charge on any atom is 0.307 e. The molecule has 90 valence electrons. The summed E-state index contributed by atoms with van der Waals surface area (Å²) >= 11 is 0. The molecule has 0 radical (unpaired) electrons. The number of nitro groups is 1. The minimum absolute atomic E-state index is 0.0391. The van der Waals surface area contributed by atoms with Gasteiger partial charge < -0.3 is 5.11 Å². The predicted octanol–water partition coefficient (Wildman–Crippen LogP) is 2.41. The van der Waals surface area contributed by atoms with Crippen LogP contribution in [0.4, 0.5) is 5.69 Å². The van der Waals surface area contributed by atoms with Gasteiger partial charge in [-0.3, -0.25) is 14.9 Å². The molecular formula is C12H13NO4. The molecule has 0 aromatic heterocycles. The van der Waals surface area contributed by atoms with E-state index in [1.54, 1.807) is 18.2 Å². The summed E-state index contributed by atoms with van der Waals surface area (Å²) in [5.74, 6) is -1.64. The van der Waals surface area contributed by atoms with Gasteiger partial charge in [0.25, 0.3) is 5.69 Å². The van der Waals surface area contributed by atoms with Crippen LogP contribution < -0.4 is 0 Å². The van der Waals surface area contributed by atoms with E-state index in [2.05, 4.69) is 6.58 Å². The smallest absolute Gasteiger partial charge is 0.307 e. The van der Waals surface area contributed by atoms with Crippen LogP contribution in [0.3, 0.4) is 0 Å². The molecule has 1 aromatic carbocycles. The Morgan fingerprint density at radius 2 is 2.18 bits per heavy atom. The fourth-order valence-electron chi connectivity index (χ4n) is 1.60. The van der Waals surface area contributed by atoms with Gasteiger partial charge in [-0.1, -0.05) is 24.3 Å². The predicted molar refractivity (Wildman–Crippen MR) is 62.7 cm³/mol. The first-order chi connectivity index (χ1) is 8.06. The highest BCUT2D eigenvalue weighted by atomic mass is 16.6. The van der Waals surface area contributed by atoms with Crippen LogP contribution in [0.15, 0.2) is 36.9 Å². The third kappa shape index (κ3) is 3.41. The van der Waals surface area contributed by atoms with E-state index in [4.69, 9.17) is 5.11 Å². The van der Waals surface area contributed by atoms with Crippen LogP contribution in [0.1, 0.15) is 12.0 Å². The quantitative estimate of drug-likeness (QED) is 0.466. The van der Waals surface area contributed by atoms with E-state index in [0.717, 1.165) is 0 Å². The lowest BCUT2D eigenvalue weighted by atomic mass is 9.95. The van der Waals surface area contributed by atoms with E-state index in [0.29, 0.717) is 12.0 Å². The van der Waals surface area contributed by atoms with Crippen LogP contribution in [-0.4, -0.2) is 16.0 Å². The number of nitro benzene ring substituents is 1. The van der Waals surface area contributed by atoms with Gasteiger partial charge in [-0.15, -0.1) is 6.58 Å². The van der Waals surface area contributed by atoms with E-state index < -0.39 is 16.8 Å². The lowest BCUT2D eigenvalue weighted by Gasteiger charge is -2.09. The molecule has 5 nitrogen and oxygen atoms in total. The molecule has 0 aliphatic carbocycles. The molecule has 1 N–H and O–H groups in total. The molecule has 1 unspecified atom stereocenters. The standard InChI is InChI=1S/C12H13NO4/c1-2-5-10(12(14)15)8-9-6-3-4-7-11(9)13(16)17/h2-4,6-7,10H,1,5,8H2,(H,14,15). The van der Waals surface area contributed by atoms with Crippen molar-refractivity contribution < 1.29 is 14.8 Å². The fraction of sp³-hybridized carbons (Fsp3) is 0.250. The number of nitrogens with zero attached hydrogens (tertiary/aromatic N) is 1. The van der Waals surface area contributed by atoms with Crippen LogP contribution in [0.2, 0.25) is 0 Å². The van der Waals surface area contributed by atoms with Gasteiger partial charge in [0.2, 0.25) is 0 Å². The van der Waals surface area contributed by atoms with Crippen LogP contribution in [0.5, 0.6) is 0 Å². The average Bonchev–Trinajstić information content (AvgIpc) is 2.28. The van der Waals surface area contributed by atoms with Gasteiger partial charge in [0.05, 0.1) is 10.8 Å². The van der Waals surface area contributed by atoms with Crippen molar-refractivity contribution in [1.82, 2.24) is 0 Å². The molecule has 0 spiro atoms. The molecule has 0 bridgehead atoms. The third-order valence-electron chi connectivity index (χ3n) is 2.46. The molecule has 0 aliphatic rings. The van der Waals surface area contributed by atoms with Gasteiger partial charge in [0, 0.05) is 11.6 Å². The average molecular weight is 235 g/mol. The van der Waals surface area contributed by atoms with Crippen LogP contribution in [0.25, 0.3) is 0 Å². The molecule has 0 aliphatic heterocycles.